The number of nitrogens with zero attached hydrogens (tertiary/aromatic N) is 2. The topological polar surface area (TPSA) is 29.9 Å². The van der Waals surface area contributed by atoms with E-state index in [-0.39, 0.29) is 0 Å². The molecule has 0 aromatic carbocycles. The van der Waals surface area contributed by atoms with Crippen molar-refractivity contribution < 1.29 is 0 Å². The molecule has 1 rings (SSSR count). The van der Waals surface area contributed by atoms with E-state index >= 15 is 0 Å². The Labute approximate surface area is 106 Å². The Morgan fingerprint density at radius 2 is 1.94 bits per heavy atom. The Hall–Kier alpha value is -0.830. The minimum Gasteiger partial charge on any atom is -0.315 e. The average molecular weight is 237 g/mol. The Bertz CT molecular complexity index is 339. The highest BCUT2D eigenvalue weighted by atomic mass is 15.3. The molecule has 1 heterocycles. The Morgan fingerprint density at radius 1 is 1.24 bits per heavy atom. The van der Waals surface area contributed by atoms with Crippen LogP contribution >= 0.6 is 0 Å². The number of aryl methyl sites for hydroxylation is 1. The maximum absolute atomic E-state index is 4.59. The molecule has 1 aromatic rings. The fourth-order valence-corrected chi connectivity index (χ4v) is 2.16. The fourth-order valence-electron chi connectivity index (χ4n) is 2.16. The van der Waals surface area contributed by atoms with Gasteiger partial charge in [0.15, 0.2) is 0 Å². The molecule has 0 bridgehead atoms. The van der Waals surface area contributed by atoms with Gasteiger partial charge in [-0.3, -0.25) is 4.68 Å². The highest BCUT2D eigenvalue weighted by molar-refractivity contribution is 5.24. The van der Waals surface area contributed by atoms with E-state index in [0.29, 0.717) is 0 Å². The van der Waals surface area contributed by atoms with Crippen LogP contribution in [0.5, 0.6) is 0 Å². The van der Waals surface area contributed by atoms with Gasteiger partial charge in [-0.15, -0.1) is 0 Å². The molecule has 0 saturated heterocycles. The quantitative estimate of drug-likeness (QED) is 0.739. The van der Waals surface area contributed by atoms with E-state index in [1.807, 2.05) is 0 Å². The van der Waals surface area contributed by atoms with Crippen LogP contribution in [0.15, 0.2) is 0 Å². The van der Waals surface area contributed by atoms with Crippen molar-refractivity contribution in [2.75, 3.05) is 13.1 Å². The van der Waals surface area contributed by atoms with Crippen molar-refractivity contribution in [2.45, 2.75) is 54.0 Å². The highest BCUT2D eigenvalue weighted by Gasteiger charge is 2.08. The van der Waals surface area contributed by atoms with Gasteiger partial charge >= 0.3 is 0 Å². The molecule has 0 aliphatic carbocycles. The lowest BCUT2D eigenvalue weighted by Crippen LogP contribution is -2.23. The second-order valence-electron chi connectivity index (χ2n) is 5.16. The van der Waals surface area contributed by atoms with Crippen LogP contribution in [-0.4, -0.2) is 22.9 Å². The first-order valence-corrected chi connectivity index (χ1v) is 6.79. The summed E-state index contributed by atoms with van der Waals surface area (Å²) in [6, 6.07) is 0. The molecule has 0 saturated carbocycles. The summed E-state index contributed by atoms with van der Waals surface area (Å²) >= 11 is 0. The molecule has 0 aliphatic heterocycles. The zero-order valence-corrected chi connectivity index (χ0v) is 12.0. The highest BCUT2D eigenvalue weighted by Crippen LogP contribution is 2.12. The second kappa shape index (κ2) is 6.80. The van der Waals surface area contributed by atoms with Gasteiger partial charge in [0.1, 0.15) is 0 Å². The number of rotatable bonds is 7. The molecule has 98 valence electrons. The number of aromatic nitrogens is 2. The van der Waals surface area contributed by atoms with E-state index < -0.39 is 0 Å². The molecule has 0 unspecified atom stereocenters. The Morgan fingerprint density at radius 3 is 2.47 bits per heavy atom. The van der Waals surface area contributed by atoms with E-state index in [0.717, 1.165) is 32.0 Å². The normalized spacial score (nSPS) is 11.4. The lowest BCUT2D eigenvalue weighted by Gasteiger charge is -2.08. The van der Waals surface area contributed by atoms with Crippen LogP contribution in [0.25, 0.3) is 0 Å². The Balaban J connectivity index is 2.37. The summed E-state index contributed by atoms with van der Waals surface area (Å²) in [5, 5.41) is 8.07. The van der Waals surface area contributed by atoms with Gasteiger partial charge < -0.3 is 5.32 Å². The van der Waals surface area contributed by atoms with Gasteiger partial charge in [0.25, 0.3) is 0 Å². The van der Waals surface area contributed by atoms with Crippen molar-refractivity contribution in [3.05, 3.63) is 17.0 Å². The molecule has 3 heteroatoms. The molecule has 17 heavy (non-hydrogen) atoms. The van der Waals surface area contributed by atoms with Gasteiger partial charge in [-0.1, -0.05) is 20.8 Å². The van der Waals surface area contributed by atoms with Crippen molar-refractivity contribution in [3.8, 4) is 0 Å². The summed E-state index contributed by atoms with van der Waals surface area (Å²) in [5.74, 6) is 0.780. The van der Waals surface area contributed by atoms with Crippen molar-refractivity contribution in [1.82, 2.24) is 15.1 Å². The molecule has 0 radical (unpaired) electrons. The zero-order valence-electron chi connectivity index (χ0n) is 12.0. The number of nitrogens with one attached hydrogen (secondary N) is 1. The van der Waals surface area contributed by atoms with E-state index in [9.17, 15) is 0 Å². The zero-order chi connectivity index (χ0) is 12.8. The molecule has 0 fully saturated rings. The summed E-state index contributed by atoms with van der Waals surface area (Å²) in [7, 11) is 0. The first kappa shape index (κ1) is 14.2. The van der Waals surface area contributed by atoms with Crippen LogP contribution in [0.4, 0.5) is 0 Å². The van der Waals surface area contributed by atoms with Crippen LogP contribution in [0.3, 0.4) is 0 Å². The Kier molecular flexibility index (Phi) is 5.69. The molecule has 0 amide bonds. The van der Waals surface area contributed by atoms with Crippen molar-refractivity contribution >= 4 is 0 Å². The monoisotopic (exact) mass is 237 g/mol. The summed E-state index contributed by atoms with van der Waals surface area (Å²) in [6.07, 6.45) is 2.33. The predicted octanol–water partition coefficient (Wildman–Crippen LogP) is 2.70. The van der Waals surface area contributed by atoms with Gasteiger partial charge in [0.2, 0.25) is 0 Å². The van der Waals surface area contributed by atoms with E-state index in [1.54, 1.807) is 0 Å². The van der Waals surface area contributed by atoms with Crippen LogP contribution in [-0.2, 0) is 13.0 Å². The molecule has 0 aliphatic rings. The number of hydrogen-bond acceptors (Lipinski definition) is 2. The first-order valence-electron chi connectivity index (χ1n) is 6.79. The average Bonchev–Trinajstić information content (AvgIpc) is 2.53. The van der Waals surface area contributed by atoms with Crippen molar-refractivity contribution in [2.24, 2.45) is 5.92 Å². The molecular formula is C14H27N3. The first-order chi connectivity index (χ1) is 8.06. The van der Waals surface area contributed by atoms with Gasteiger partial charge in [0, 0.05) is 12.2 Å². The SMILES string of the molecule is CCc1c(C)nn(CCNCCC(C)C)c1C. The van der Waals surface area contributed by atoms with Crippen LogP contribution in [0.2, 0.25) is 0 Å². The minimum absolute atomic E-state index is 0.780. The van der Waals surface area contributed by atoms with E-state index in [1.165, 1.54) is 23.4 Å². The van der Waals surface area contributed by atoms with Crippen LogP contribution in [0, 0.1) is 19.8 Å². The maximum atomic E-state index is 4.59. The van der Waals surface area contributed by atoms with Crippen LogP contribution in [0.1, 0.15) is 44.1 Å². The van der Waals surface area contributed by atoms with Crippen molar-refractivity contribution in [1.29, 1.82) is 0 Å². The van der Waals surface area contributed by atoms with Crippen LogP contribution < -0.4 is 5.32 Å². The summed E-state index contributed by atoms with van der Waals surface area (Å²) in [4.78, 5) is 0. The van der Waals surface area contributed by atoms with E-state index in [4.69, 9.17) is 0 Å². The second-order valence-corrected chi connectivity index (χ2v) is 5.16. The van der Waals surface area contributed by atoms with Gasteiger partial charge in [-0.05, 0) is 44.7 Å². The maximum Gasteiger partial charge on any atom is 0.0628 e. The molecule has 1 N–H and O–H groups in total. The number of hydrogen-bond donors (Lipinski definition) is 1. The molecule has 0 atom stereocenters. The third-order valence-corrected chi connectivity index (χ3v) is 3.28. The van der Waals surface area contributed by atoms with Gasteiger partial charge in [-0.25, -0.2) is 0 Å². The molecular weight excluding hydrogens is 210 g/mol. The summed E-state index contributed by atoms with van der Waals surface area (Å²) < 4.78 is 2.14. The third kappa shape index (κ3) is 4.15. The minimum atomic E-state index is 0.780. The standard InChI is InChI=1S/C14H27N3/c1-6-14-12(4)16-17(13(14)5)10-9-15-8-7-11(2)3/h11,15H,6-10H2,1-5H3. The summed E-state index contributed by atoms with van der Waals surface area (Å²) in [6.45, 7) is 14.1. The predicted molar refractivity (Wildman–Crippen MR) is 73.4 cm³/mol. The fraction of sp³-hybridized carbons (Fsp3) is 0.786. The largest absolute Gasteiger partial charge is 0.315 e. The van der Waals surface area contributed by atoms with E-state index in [2.05, 4.69) is 49.7 Å². The third-order valence-electron chi connectivity index (χ3n) is 3.28. The summed E-state index contributed by atoms with van der Waals surface area (Å²) in [5.41, 5.74) is 3.93. The van der Waals surface area contributed by atoms with Gasteiger partial charge in [0.05, 0.1) is 12.2 Å². The van der Waals surface area contributed by atoms with Gasteiger partial charge in [-0.2, -0.15) is 5.10 Å². The lowest BCUT2D eigenvalue weighted by atomic mass is 10.1. The molecule has 0 spiro atoms. The molecule has 3 nitrogen and oxygen atoms in total. The molecule has 1 aromatic heterocycles. The lowest BCUT2D eigenvalue weighted by molar-refractivity contribution is 0.500. The smallest absolute Gasteiger partial charge is 0.0628 e. The van der Waals surface area contributed by atoms with Crippen molar-refractivity contribution in [3.63, 3.8) is 0 Å².